The fraction of sp³-hybridized carbons (Fsp3) is 0.800. The van der Waals surface area contributed by atoms with Gasteiger partial charge in [-0.2, -0.15) is 0 Å². The van der Waals surface area contributed by atoms with Crippen molar-refractivity contribution >= 4 is 24.2 Å². The Morgan fingerprint density at radius 2 is 1.15 bits per heavy atom. The van der Waals surface area contributed by atoms with Gasteiger partial charge in [-0.25, -0.2) is 14.4 Å². The van der Waals surface area contributed by atoms with E-state index in [0.29, 0.717) is 38.8 Å². The molecule has 0 saturated heterocycles. The number of hydrogen-bond donors (Lipinski definition) is 7. The highest BCUT2D eigenvalue weighted by atomic mass is 16.6. The molecule has 4 amide bonds. The number of nitrogens with one attached hydrogen (secondary N) is 2. The summed E-state index contributed by atoms with van der Waals surface area (Å²) in [6.07, 6.45) is 1.85. The zero-order chi connectivity index (χ0) is 25.8. The second-order valence-corrected chi connectivity index (χ2v) is 7.84. The Balaban J connectivity index is 4.65. The maximum absolute atomic E-state index is 12.2. The number of hydrogen-bond acceptors (Lipinski definition) is 10. The number of alkyl carbamates (subject to hydrolysis) is 2. The molecule has 0 aromatic heterocycles. The predicted octanol–water partition coefficient (Wildman–Crippen LogP) is -0.878. The molecular weight excluding hydrogens is 450 g/mol. The Morgan fingerprint density at radius 1 is 0.676 bits per heavy atom. The Kier molecular flexibility index (Phi) is 18.0. The molecule has 0 aromatic carbocycles. The van der Waals surface area contributed by atoms with Gasteiger partial charge < -0.3 is 53.5 Å². The van der Waals surface area contributed by atoms with Crippen molar-refractivity contribution in [2.75, 3.05) is 32.9 Å². The van der Waals surface area contributed by atoms with Crippen LogP contribution >= 0.6 is 0 Å². The van der Waals surface area contributed by atoms with Gasteiger partial charge in [-0.3, -0.25) is 4.79 Å². The van der Waals surface area contributed by atoms with Gasteiger partial charge in [0.15, 0.2) is 0 Å². The number of carbonyl (C=O) groups is 4. The maximum Gasteiger partial charge on any atom is 0.407 e. The van der Waals surface area contributed by atoms with Crippen LogP contribution in [0.5, 0.6) is 0 Å². The number of unbranched alkanes of at least 4 members (excludes halogenated alkanes) is 2. The number of amides is 4. The van der Waals surface area contributed by atoms with E-state index in [2.05, 4.69) is 10.6 Å². The lowest BCUT2D eigenvalue weighted by Gasteiger charge is -2.21. The SMILES string of the molecule is NCCCC[C@H](COC(N)=O)NC(=O)OC[C@H](CCCCN)NC(=O)OC[C@H](N)CCC(N)=O. The van der Waals surface area contributed by atoms with Crippen molar-refractivity contribution in [3.05, 3.63) is 0 Å². The van der Waals surface area contributed by atoms with Crippen molar-refractivity contribution in [1.82, 2.24) is 10.6 Å². The zero-order valence-electron chi connectivity index (χ0n) is 19.7. The minimum Gasteiger partial charge on any atom is -0.448 e. The molecule has 12 N–H and O–H groups in total. The van der Waals surface area contributed by atoms with Gasteiger partial charge in [0.2, 0.25) is 5.91 Å². The molecule has 0 heterocycles. The van der Waals surface area contributed by atoms with Crippen molar-refractivity contribution in [3.8, 4) is 0 Å². The molecule has 0 aliphatic rings. The van der Waals surface area contributed by atoms with Crippen LogP contribution in [-0.4, -0.2) is 75.2 Å². The van der Waals surface area contributed by atoms with Crippen molar-refractivity contribution in [3.63, 3.8) is 0 Å². The van der Waals surface area contributed by atoms with Gasteiger partial charge >= 0.3 is 18.3 Å². The van der Waals surface area contributed by atoms with E-state index in [1.54, 1.807) is 0 Å². The second-order valence-electron chi connectivity index (χ2n) is 7.84. The van der Waals surface area contributed by atoms with Crippen molar-refractivity contribution < 1.29 is 33.4 Å². The first-order chi connectivity index (χ1) is 16.2. The average Bonchev–Trinajstić information content (AvgIpc) is 2.78. The highest BCUT2D eigenvalue weighted by Crippen LogP contribution is 2.05. The lowest BCUT2D eigenvalue weighted by atomic mass is 10.1. The van der Waals surface area contributed by atoms with Crippen LogP contribution in [0.2, 0.25) is 0 Å². The third-order valence-corrected chi connectivity index (χ3v) is 4.69. The molecule has 0 spiro atoms. The number of primary amides is 2. The molecule has 0 saturated carbocycles. The quantitative estimate of drug-likeness (QED) is 0.0867. The summed E-state index contributed by atoms with van der Waals surface area (Å²) in [6.45, 7) is 0.662. The molecule has 0 aliphatic heterocycles. The van der Waals surface area contributed by atoms with Crippen molar-refractivity contribution in [2.45, 2.75) is 69.5 Å². The molecule has 0 aromatic rings. The van der Waals surface area contributed by atoms with E-state index in [-0.39, 0.29) is 32.7 Å². The van der Waals surface area contributed by atoms with Crippen LogP contribution in [0.3, 0.4) is 0 Å². The van der Waals surface area contributed by atoms with Crippen LogP contribution in [0, 0.1) is 0 Å². The number of rotatable bonds is 19. The molecule has 0 unspecified atom stereocenters. The first-order valence-corrected chi connectivity index (χ1v) is 11.4. The summed E-state index contributed by atoms with van der Waals surface area (Å²) in [6, 6.07) is -1.55. The molecule has 34 heavy (non-hydrogen) atoms. The Hall–Kier alpha value is -2.84. The van der Waals surface area contributed by atoms with Gasteiger partial charge in [-0.05, 0) is 45.2 Å². The molecule has 0 aliphatic carbocycles. The molecule has 3 atom stereocenters. The van der Waals surface area contributed by atoms with Crippen LogP contribution in [0.4, 0.5) is 14.4 Å². The highest BCUT2D eigenvalue weighted by Gasteiger charge is 2.19. The number of carbonyl (C=O) groups excluding carboxylic acids is 4. The molecule has 0 rings (SSSR count). The van der Waals surface area contributed by atoms with E-state index in [1.807, 2.05) is 0 Å². The monoisotopic (exact) mass is 491 g/mol. The first kappa shape index (κ1) is 31.2. The Labute approximate surface area is 199 Å². The van der Waals surface area contributed by atoms with E-state index in [4.69, 9.17) is 42.9 Å². The molecular formula is C20H41N7O7. The number of nitrogens with two attached hydrogens (primary N) is 5. The van der Waals surface area contributed by atoms with Crippen LogP contribution in [0.1, 0.15) is 51.4 Å². The van der Waals surface area contributed by atoms with Crippen LogP contribution < -0.4 is 39.3 Å². The Bertz CT molecular complexity index is 610. The second kappa shape index (κ2) is 19.6. The molecule has 0 bridgehead atoms. The van der Waals surface area contributed by atoms with E-state index in [1.165, 1.54) is 0 Å². The molecule has 0 radical (unpaired) electrons. The van der Waals surface area contributed by atoms with E-state index < -0.39 is 42.3 Å². The van der Waals surface area contributed by atoms with Crippen LogP contribution in [0.25, 0.3) is 0 Å². The van der Waals surface area contributed by atoms with E-state index in [9.17, 15) is 19.2 Å². The molecule has 14 heteroatoms. The van der Waals surface area contributed by atoms with Gasteiger partial charge in [0.25, 0.3) is 0 Å². The van der Waals surface area contributed by atoms with Gasteiger partial charge in [0, 0.05) is 12.5 Å². The average molecular weight is 492 g/mol. The van der Waals surface area contributed by atoms with Gasteiger partial charge in [0.1, 0.15) is 19.8 Å². The smallest absolute Gasteiger partial charge is 0.407 e. The summed E-state index contributed by atoms with van der Waals surface area (Å²) < 4.78 is 15.1. The summed E-state index contributed by atoms with van der Waals surface area (Å²) in [5.41, 5.74) is 26.8. The fourth-order valence-corrected chi connectivity index (χ4v) is 2.83. The fourth-order valence-electron chi connectivity index (χ4n) is 2.83. The van der Waals surface area contributed by atoms with Crippen LogP contribution in [-0.2, 0) is 19.0 Å². The predicted molar refractivity (Wildman–Crippen MR) is 124 cm³/mol. The summed E-state index contributed by atoms with van der Waals surface area (Å²) in [5.74, 6) is -0.488. The lowest BCUT2D eigenvalue weighted by molar-refractivity contribution is -0.118. The van der Waals surface area contributed by atoms with E-state index in [0.717, 1.165) is 12.8 Å². The zero-order valence-corrected chi connectivity index (χ0v) is 19.7. The number of ether oxygens (including phenoxy) is 3. The molecule has 14 nitrogen and oxygen atoms in total. The summed E-state index contributed by atoms with van der Waals surface area (Å²) in [7, 11) is 0. The minimum atomic E-state index is -0.948. The summed E-state index contributed by atoms with van der Waals surface area (Å²) in [5, 5.41) is 5.25. The molecule has 0 fully saturated rings. The summed E-state index contributed by atoms with van der Waals surface area (Å²) >= 11 is 0. The molecule has 198 valence electrons. The van der Waals surface area contributed by atoms with Gasteiger partial charge in [-0.15, -0.1) is 0 Å². The topological polar surface area (TPSA) is 250 Å². The van der Waals surface area contributed by atoms with Crippen molar-refractivity contribution in [2.24, 2.45) is 28.7 Å². The van der Waals surface area contributed by atoms with Crippen LogP contribution in [0.15, 0.2) is 0 Å². The minimum absolute atomic E-state index is 0.0918. The van der Waals surface area contributed by atoms with Gasteiger partial charge in [0.05, 0.1) is 12.1 Å². The largest absolute Gasteiger partial charge is 0.448 e. The van der Waals surface area contributed by atoms with E-state index >= 15 is 0 Å². The third kappa shape index (κ3) is 18.7. The first-order valence-electron chi connectivity index (χ1n) is 11.4. The summed E-state index contributed by atoms with van der Waals surface area (Å²) in [4.78, 5) is 46.0. The highest BCUT2D eigenvalue weighted by molar-refractivity contribution is 5.73. The van der Waals surface area contributed by atoms with Gasteiger partial charge in [-0.1, -0.05) is 12.8 Å². The lowest BCUT2D eigenvalue weighted by Crippen LogP contribution is -2.44. The standard InChI is InChI=1S/C20H41N7O7/c21-9-3-1-5-15(12-32-18(25)29)26-20(31)34-13-16(6-2-4-10-22)27-19(30)33-11-14(23)7-8-17(24)28/h14-16H,1-13,21-23H2,(H2,24,28)(H2,25,29)(H,26,31)(H,27,30)/t14-,15-,16+/m1/s1. The van der Waals surface area contributed by atoms with Crippen molar-refractivity contribution in [1.29, 1.82) is 0 Å². The maximum atomic E-state index is 12.2. The third-order valence-electron chi connectivity index (χ3n) is 4.69. The normalized spacial score (nSPS) is 13.3. The Morgan fingerprint density at radius 3 is 1.59 bits per heavy atom.